The molecular formula is C21H24BrNO5. The smallest absolute Gasteiger partial charge is 0.309 e. The van der Waals surface area contributed by atoms with Gasteiger partial charge in [0.2, 0.25) is 5.91 Å². The Labute approximate surface area is 173 Å². The molecule has 0 saturated carbocycles. The number of hydrogen-bond donors (Lipinski definition) is 0. The van der Waals surface area contributed by atoms with Gasteiger partial charge >= 0.3 is 5.97 Å². The zero-order valence-corrected chi connectivity index (χ0v) is 18.0. The van der Waals surface area contributed by atoms with Crippen molar-refractivity contribution in [2.24, 2.45) is 0 Å². The Kier molecular flexibility index (Phi) is 7.87. The van der Waals surface area contributed by atoms with Gasteiger partial charge in [0.15, 0.2) is 11.5 Å². The van der Waals surface area contributed by atoms with Gasteiger partial charge < -0.3 is 19.1 Å². The third kappa shape index (κ3) is 5.73. The largest absolute Gasteiger partial charge is 0.493 e. The van der Waals surface area contributed by atoms with Gasteiger partial charge in [-0.3, -0.25) is 9.59 Å². The van der Waals surface area contributed by atoms with Crippen molar-refractivity contribution in [1.82, 2.24) is 4.90 Å². The van der Waals surface area contributed by atoms with E-state index < -0.39 is 0 Å². The molecule has 0 unspecified atom stereocenters. The van der Waals surface area contributed by atoms with Gasteiger partial charge in [-0.1, -0.05) is 22.0 Å². The molecule has 0 saturated heterocycles. The fourth-order valence-corrected chi connectivity index (χ4v) is 3.10. The zero-order valence-electron chi connectivity index (χ0n) is 16.5. The first-order chi connectivity index (χ1) is 13.4. The molecule has 0 aromatic heterocycles. The van der Waals surface area contributed by atoms with Crippen molar-refractivity contribution >= 4 is 27.8 Å². The molecule has 0 aliphatic heterocycles. The van der Waals surface area contributed by atoms with Crippen molar-refractivity contribution < 1.29 is 23.8 Å². The van der Waals surface area contributed by atoms with Crippen LogP contribution in [0.25, 0.3) is 0 Å². The van der Waals surface area contributed by atoms with E-state index in [1.807, 2.05) is 25.1 Å². The molecule has 0 aliphatic rings. The minimum atomic E-state index is -0.333. The lowest BCUT2D eigenvalue weighted by molar-refractivity contribution is -0.139. The molecule has 150 valence electrons. The summed E-state index contributed by atoms with van der Waals surface area (Å²) in [4.78, 5) is 25.1. The van der Waals surface area contributed by atoms with E-state index in [1.54, 1.807) is 37.1 Å². The summed E-state index contributed by atoms with van der Waals surface area (Å²) in [6.07, 6.45) is 0.137. The molecule has 0 spiro atoms. The maximum absolute atomic E-state index is 11.8. The first-order valence-electron chi connectivity index (χ1n) is 8.83. The molecule has 6 nitrogen and oxygen atoms in total. The normalized spacial score (nSPS) is 10.3. The van der Waals surface area contributed by atoms with E-state index >= 15 is 0 Å². The average Bonchev–Trinajstić information content (AvgIpc) is 2.67. The van der Waals surface area contributed by atoms with Gasteiger partial charge in [-0.25, -0.2) is 0 Å². The molecule has 28 heavy (non-hydrogen) atoms. The van der Waals surface area contributed by atoms with Crippen LogP contribution < -0.4 is 9.47 Å². The Morgan fingerprint density at radius 2 is 1.75 bits per heavy atom. The summed E-state index contributed by atoms with van der Waals surface area (Å²) in [5.41, 5.74) is 1.60. The lowest BCUT2D eigenvalue weighted by Gasteiger charge is -2.21. The highest BCUT2D eigenvalue weighted by atomic mass is 79.9. The Bertz CT molecular complexity index is 853. The summed E-state index contributed by atoms with van der Waals surface area (Å²) in [5.74, 6) is 1.29. The summed E-state index contributed by atoms with van der Waals surface area (Å²) < 4.78 is 17.1. The first kappa shape index (κ1) is 21.8. The number of ether oxygens (including phenoxy) is 3. The number of hydrogen-bond acceptors (Lipinski definition) is 5. The van der Waals surface area contributed by atoms with E-state index in [0.717, 1.165) is 15.6 Å². The van der Waals surface area contributed by atoms with Crippen LogP contribution in [0.5, 0.6) is 17.2 Å². The van der Waals surface area contributed by atoms with Gasteiger partial charge in [0.25, 0.3) is 0 Å². The van der Waals surface area contributed by atoms with Crippen LogP contribution in [-0.2, 0) is 27.3 Å². The molecule has 0 fully saturated rings. The molecule has 2 aromatic rings. The van der Waals surface area contributed by atoms with Crippen molar-refractivity contribution in [3.05, 3.63) is 52.0 Å². The number of rotatable bonds is 8. The van der Waals surface area contributed by atoms with Crippen molar-refractivity contribution in [1.29, 1.82) is 0 Å². The molecule has 0 heterocycles. The maximum Gasteiger partial charge on any atom is 0.309 e. The Hall–Kier alpha value is -2.54. The summed E-state index contributed by atoms with van der Waals surface area (Å²) in [6.45, 7) is 4.49. The van der Waals surface area contributed by atoms with E-state index in [-0.39, 0.29) is 18.3 Å². The fraction of sp³-hybridized carbons (Fsp3) is 0.333. The number of benzene rings is 2. The average molecular weight is 450 g/mol. The standard InChI is InChI=1S/C21H24BrNO5/c1-5-23(14(2)24)13-16-12-17(22)7-9-18(16)28-20-10-15(11-21(25)27-4)6-8-19(20)26-3/h6-10,12H,5,11,13H2,1-4H3. The topological polar surface area (TPSA) is 65.1 Å². The maximum atomic E-state index is 11.8. The minimum Gasteiger partial charge on any atom is -0.493 e. The lowest BCUT2D eigenvalue weighted by atomic mass is 10.1. The molecule has 1 amide bonds. The molecule has 0 aliphatic carbocycles. The number of nitrogens with zero attached hydrogens (tertiary/aromatic N) is 1. The van der Waals surface area contributed by atoms with E-state index in [4.69, 9.17) is 14.2 Å². The van der Waals surface area contributed by atoms with Crippen LogP contribution in [0.3, 0.4) is 0 Å². The third-order valence-electron chi connectivity index (χ3n) is 4.23. The number of methoxy groups -OCH3 is 2. The molecular weight excluding hydrogens is 426 g/mol. The predicted octanol–water partition coefficient (Wildman–Crippen LogP) is 4.33. The highest BCUT2D eigenvalue weighted by Gasteiger charge is 2.15. The second-order valence-corrected chi connectivity index (χ2v) is 7.04. The van der Waals surface area contributed by atoms with Gasteiger partial charge in [0, 0.05) is 30.0 Å². The van der Waals surface area contributed by atoms with Gasteiger partial charge in [0.1, 0.15) is 5.75 Å². The number of esters is 1. The van der Waals surface area contributed by atoms with Crippen molar-refractivity contribution in [2.45, 2.75) is 26.8 Å². The van der Waals surface area contributed by atoms with Gasteiger partial charge in [-0.05, 0) is 42.8 Å². The van der Waals surface area contributed by atoms with Gasteiger partial charge in [0.05, 0.1) is 20.6 Å². The van der Waals surface area contributed by atoms with Crippen LogP contribution in [0.15, 0.2) is 40.9 Å². The second-order valence-electron chi connectivity index (χ2n) is 6.13. The van der Waals surface area contributed by atoms with E-state index in [0.29, 0.717) is 30.3 Å². The highest BCUT2D eigenvalue weighted by molar-refractivity contribution is 9.10. The molecule has 7 heteroatoms. The molecule has 2 rings (SSSR count). The first-order valence-corrected chi connectivity index (χ1v) is 9.62. The number of carbonyl (C=O) groups is 2. The Balaban J connectivity index is 2.37. The monoisotopic (exact) mass is 449 g/mol. The summed E-state index contributed by atoms with van der Waals surface area (Å²) in [7, 11) is 2.91. The van der Waals surface area contributed by atoms with Crippen LogP contribution in [0.2, 0.25) is 0 Å². The molecule has 0 bridgehead atoms. The Morgan fingerprint density at radius 1 is 1.04 bits per heavy atom. The molecule has 2 aromatic carbocycles. The highest BCUT2D eigenvalue weighted by Crippen LogP contribution is 2.35. The van der Waals surface area contributed by atoms with Gasteiger partial charge in [-0.2, -0.15) is 0 Å². The van der Waals surface area contributed by atoms with Crippen LogP contribution in [0, 0.1) is 0 Å². The summed E-state index contributed by atoms with van der Waals surface area (Å²) in [5, 5.41) is 0. The third-order valence-corrected chi connectivity index (χ3v) is 4.73. The molecule has 0 radical (unpaired) electrons. The summed E-state index contributed by atoms with van der Waals surface area (Å²) in [6, 6.07) is 10.9. The van der Waals surface area contributed by atoms with E-state index in [2.05, 4.69) is 15.9 Å². The molecule has 0 atom stereocenters. The fourth-order valence-electron chi connectivity index (χ4n) is 2.69. The lowest BCUT2D eigenvalue weighted by Crippen LogP contribution is -2.27. The SMILES string of the molecule is CCN(Cc1cc(Br)ccc1Oc1cc(CC(=O)OC)ccc1OC)C(C)=O. The quantitative estimate of drug-likeness (QED) is 0.560. The summed E-state index contributed by atoms with van der Waals surface area (Å²) >= 11 is 3.47. The Morgan fingerprint density at radius 3 is 2.36 bits per heavy atom. The van der Waals surface area contributed by atoms with Crippen LogP contribution in [0.4, 0.5) is 0 Å². The van der Waals surface area contributed by atoms with E-state index in [1.165, 1.54) is 7.11 Å². The van der Waals surface area contributed by atoms with Crippen molar-refractivity contribution in [3.63, 3.8) is 0 Å². The number of halogens is 1. The van der Waals surface area contributed by atoms with Crippen LogP contribution >= 0.6 is 15.9 Å². The van der Waals surface area contributed by atoms with Crippen LogP contribution in [-0.4, -0.2) is 37.5 Å². The minimum absolute atomic E-state index is 0.00826. The second kappa shape index (κ2) is 10.1. The number of carbonyl (C=O) groups excluding carboxylic acids is 2. The zero-order chi connectivity index (χ0) is 20.7. The number of amides is 1. The van der Waals surface area contributed by atoms with Crippen molar-refractivity contribution in [2.75, 3.05) is 20.8 Å². The van der Waals surface area contributed by atoms with Crippen molar-refractivity contribution in [3.8, 4) is 17.2 Å². The van der Waals surface area contributed by atoms with E-state index in [9.17, 15) is 9.59 Å². The van der Waals surface area contributed by atoms with Gasteiger partial charge in [-0.15, -0.1) is 0 Å². The predicted molar refractivity (Wildman–Crippen MR) is 110 cm³/mol. The molecule has 0 N–H and O–H groups in total. The van der Waals surface area contributed by atoms with Crippen LogP contribution in [0.1, 0.15) is 25.0 Å².